The van der Waals surface area contributed by atoms with E-state index in [1.165, 1.54) is 6.07 Å². The summed E-state index contributed by atoms with van der Waals surface area (Å²) in [5, 5.41) is 14.3. The molecule has 2 aromatic rings. The van der Waals surface area contributed by atoms with Crippen molar-refractivity contribution in [2.45, 2.75) is 27.2 Å². The molecule has 0 radical (unpaired) electrons. The fourth-order valence-electron chi connectivity index (χ4n) is 2.79. The predicted octanol–water partition coefficient (Wildman–Crippen LogP) is 3.05. The molecule has 0 aromatic heterocycles. The van der Waals surface area contributed by atoms with Gasteiger partial charge in [-0.2, -0.15) is 0 Å². The van der Waals surface area contributed by atoms with E-state index >= 15 is 4.39 Å². The van der Waals surface area contributed by atoms with Crippen molar-refractivity contribution in [2.75, 3.05) is 22.7 Å². The van der Waals surface area contributed by atoms with E-state index in [2.05, 4.69) is 30.8 Å². The van der Waals surface area contributed by atoms with Crippen molar-refractivity contribution in [1.82, 2.24) is 4.72 Å². The van der Waals surface area contributed by atoms with Gasteiger partial charge in [-0.15, -0.1) is 0 Å². The number of phenolic OH excluding ortho intramolecular Hbond substituents is 1. The average Bonchev–Trinajstić information content (AvgIpc) is 2.85. The molecule has 6 nitrogen and oxygen atoms in total. The summed E-state index contributed by atoms with van der Waals surface area (Å²) in [5.74, 6) is -1.54. The van der Waals surface area contributed by atoms with Crippen LogP contribution < -0.4 is 14.3 Å². The van der Waals surface area contributed by atoms with E-state index in [0.717, 1.165) is 23.0 Å². The van der Waals surface area contributed by atoms with Gasteiger partial charge in [-0.05, 0) is 35.4 Å². The normalized spacial score (nSPS) is 17.6. The van der Waals surface area contributed by atoms with Crippen LogP contribution in [0.15, 0.2) is 24.3 Å². The number of benzene rings is 2. The topological polar surface area (TPSA) is 81.7 Å². The van der Waals surface area contributed by atoms with Crippen molar-refractivity contribution in [1.29, 1.82) is 0 Å². The molecule has 1 unspecified atom stereocenters. The summed E-state index contributed by atoms with van der Waals surface area (Å²) in [6.45, 7) is 6.92. The molecule has 8 heteroatoms. The smallest absolute Gasteiger partial charge is 0.253 e. The molecule has 0 aliphatic carbocycles. The molecule has 3 rings (SSSR count). The zero-order valence-electron chi connectivity index (χ0n) is 14.9. The third kappa shape index (κ3) is 3.75. The summed E-state index contributed by atoms with van der Waals surface area (Å²) in [5.41, 5.74) is 0.711. The van der Waals surface area contributed by atoms with Crippen LogP contribution in [0, 0.1) is 11.2 Å². The number of fused-ring (bicyclic) bond motifs is 1. The highest BCUT2D eigenvalue weighted by Gasteiger charge is 2.32. The van der Waals surface area contributed by atoms with Gasteiger partial charge in [-0.3, -0.25) is 13.8 Å². The highest BCUT2D eigenvalue weighted by Crippen LogP contribution is 2.38. The molecule has 3 N–H and O–H groups in total. The molecule has 1 fully saturated rings. The lowest BCUT2D eigenvalue weighted by Crippen LogP contribution is -2.23. The van der Waals surface area contributed by atoms with Crippen LogP contribution >= 0.6 is 0 Å². The van der Waals surface area contributed by atoms with E-state index in [1.54, 1.807) is 12.1 Å². The first-order valence-corrected chi connectivity index (χ1v) is 9.44. The van der Waals surface area contributed by atoms with Crippen LogP contribution in [0.1, 0.15) is 27.2 Å². The Hall–Kier alpha value is -2.35. The fourth-order valence-corrected chi connectivity index (χ4v) is 3.74. The monoisotopic (exact) mass is 379 g/mol. The molecule has 0 bridgehead atoms. The summed E-state index contributed by atoms with van der Waals surface area (Å²) in [7, 11) is 0. The quantitative estimate of drug-likeness (QED) is 0.763. The number of phenols is 1. The zero-order chi connectivity index (χ0) is 19.1. The number of amides is 1. The first-order valence-electron chi connectivity index (χ1n) is 8.34. The summed E-state index contributed by atoms with van der Waals surface area (Å²) in [4.78, 5) is 11.4. The van der Waals surface area contributed by atoms with Gasteiger partial charge < -0.3 is 10.4 Å². The highest BCUT2D eigenvalue weighted by atomic mass is 32.2. The number of rotatable bonds is 4. The summed E-state index contributed by atoms with van der Waals surface area (Å²) in [6.07, 6.45) is 0.953. The van der Waals surface area contributed by atoms with Crippen LogP contribution in [-0.4, -0.2) is 28.3 Å². The van der Waals surface area contributed by atoms with E-state index in [0.29, 0.717) is 5.39 Å². The summed E-state index contributed by atoms with van der Waals surface area (Å²) < 4.78 is 30.2. The number of carbonyl (C=O) groups is 1. The second-order valence-electron chi connectivity index (χ2n) is 7.54. The summed E-state index contributed by atoms with van der Waals surface area (Å²) >= 11 is -1.91. The third-order valence-electron chi connectivity index (χ3n) is 4.17. The fraction of sp³-hybridized carbons (Fsp3) is 0.389. The molecule has 1 aliphatic rings. The highest BCUT2D eigenvalue weighted by molar-refractivity contribution is 7.85. The van der Waals surface area contributed by atoms with Gasteiger partial charge in [-0.1, -0.05) is 26.8 Å². The molecular formula is C18H22FN3O3S. The van der Waals surface area contributed by atoms with Gasteiger partial charge in [0.15, 0.2) is 5.82 Å². The Bertz CT molecular complexity index is 895. The van der Waals surface area contributed by atoms with E-state index in [1.807, 2.05) is 6.07 Å². The minimum Gasteiger partial charge on any atom is -0.506 e. The molecular weight excluding hydrogens is 357 g/mol. The van der Waals surface area contributed by atoms with E-state index < -0.39 is 22.9 Å². The molecule has 2 aromatic carbocycles. The van der Waals surface area contributed by atoms with Gasteiger partial charge in [0.2, 0.25) is 11.2 Å². The zero-order valence-corrected chi connectivity index (χ0v) is 15.7. The predicted molar refractivity (Wildman–Crippen MR) is 102 cm³/mol. The van der Waals surface area contributed by atoms with Crippen molar-refractivity contribution in [3.8, 4) is 5.75 Å². The van der Waals surface area contributed by atoms with Crippen LogP contribution in [0.25, 0.3) is 10.8 Å². The van der Waals surface area contributed by atoms with Gasteiger partial charge in [0.05, 0.1) is 0 Å². The molecule has 1 saturated heterocycles. The maximum Gasteiger partial charge on any atom is 0.253 e. The molecule has 1 atom stereocenters. The summed E-state index contributed by atoms with van der Waals surface area (Å²) in [6, 6.07) is 6.60. The number of halogens is 1. The van der Waals surface area contributed by atoms with Crippen LogP contribution in [0.5, 0.6) is 5.75 Å². The Kier molecular flexibility index (Phi) is 4.79. The van der Waals surface area contributed by atoms with Crippen LogP contribution in [0.3, 0.4) is 0 Å². The first-order chi connectivity index (χ1) is 12.2. The lowest BCUT2D eigenvalue weighted by molar-refractivity contribution is -0.117. The van der Waals surface area contributed by atoms with Gasteiger partial charge in [0.1, 0.15) is 18.0 Å². The molecule has 26 heavy (non-hydrogen) atoms. The second-order valence-corrected chi connectivity index (χ2v) is 8.69. The third-order valence-corrected chi connectivity index (χ3v) is 5.29. The van der Waals surface area contributed by atoms with Gasteiger partial charge >= 0.3 is 0 Å². The average molecular weight is 379 g/mol. The number of hydrogen-bond acceptors (Lipinski definition) is 4. The maximum atomic E-state index is 15.1. The van der Waals surface area contributed by atoms with E-state index in [9.17, 15) is 14.1 Å². The molecule has 1 amide bonds. The Morgan fingerprint density at radius 2 is 2.08 bits per heavy atom. The number of hydrogen-bond donors (Lipinski definition) is 3. The second kappa shape index (κ2) is 6.75. The van der Waals surface area contributed by atoms with Crippen molar-refractivity contribution < 1.29 is 18.5 Å². The number of aromatic hydroxyl groups is 1. The van der Waals surface area contributed by atoms with Gasteiger partial charge in [0.25, 0.3) is 5.91 Å². The number of carbonyl (C=O) groups excluding carboxylic acids is 1. The van der Waals surface area contributed by atoms with Gasteiger partial charge in [0, 0.05) is 17.6 Å². The van der Waals surface area contributed by atoms with Crippen molar-refractivity contribution in [3.63, 3.8) is 0 Å². The van der Waals surface area contributed by atoms with Crippen molar-refractivity contribution in [2.24, 2.45) is 5.41 Å². The Labute approximate surface area is 154 Å². The Morgan fingerprint density at radius 3 is 2.69 bits per heavy atom. The lowest BCUT2D eigenvalue weighted by atomic mass is 9.92. The standard InChI is InChI=1S/C18H22FN3O3S/c1-18(2,3)6-7-20-12-5-4-11-8-14(23)17(16(19)13(11)9-12)22-10-15(24)21-26(22)25/h4-5,8-9,20,23H,6-7,10H2,1-3H3,(H,21,24). The molecule has 1 aliphatic heterocycles. The van der Waals surface area contributed by atoms with Crippen LogP contribution in [0.2, 0.25) is 0 Å². The molecule has 0 saturated carbocycles. The minimum atomic E-state index is -1.91. The Morgan fingerprint density at radius 1 is 1.35 bits per heavy atom. The number of anilines is 2. The molecule has 0 spiro atoms. The molecule has 140 valence electrons. The number of nitrogens with one attached hydrogen (secondary N) is 2. The molecule has 1 heterocycles. The van der Waals surface area contributed by atoms with Gasteiger partial charge in [-0.25, -0.2) is 8.60 Å². The number of nitrogens with zero attached hydrogens (tertiary/aromatic N) is 1. The first kappa shape index (κ1) is 18.4. The van der Waals surface area contributed by atoms with Crippen molar-refractivity contribution in [3.05, 3.63) is 30.1 Å². The van der Waals surface area contributed by atoms with Crippen LogP contribution in [-0.2, 0) is 16.0 Å². The van der Waals surface area contributed by atoms with E-state index in [4.69, 9.17) is 0 Å². The maximum absolute atomic E-state index is 15.1. The lowest BCUT2D eigenvalue weighted by Gasteiger charge is -2.19. The van der Waals surface area contributed by atoms with E-state index in [-0.39, 0.29) is 28.8 Å². The minimum absolute atomic E-state index is 0.188. The SMILES string of the molecule is CC(C)(C)CCNc1ccc2cc(O)c(N3CC(=O)NS3=O)c(F)c2c1. The van der Waals surface area contributed by atoms with Crippen molar-refractivity contribution >= 4 is 39.2 Å². The Balaban J connectivity index is 1.95. The van der Waals surface area contributed by atoms with Crippen LogP contribution in [0.4, 0.5) is 15.8 Å². The largest absolute Gasteiger partial charge is 0.506 e.